The highest BCUT2D eigenvalue weighted by Crippen LogP contribution is 2.23. The Hall–Kier alpha value is -1.89. The molecular formula is C13H17N5OS. The summed E-state index contributed by atoms with van der Waals surface area (Å²) in [6, 6.07) is 1.76. The lowest BCUT2D eigenvalue weighted by molar-refractivity contribution is 0.396. The van der Waals surface area contributed by atoms with E-state index >= 15 is 0 Å². The van der Waals surface area contributed by atoms with Gasteiger partial charge in [0.15, 0.2) is 5.13 Å². The van der Waals surface area contributed by atoms with Gasteiger partial charge in [0.2, 0.25) is 11.8 Å². The Morgan fingerprint density at radius 1 is 1.15 bits per heavy atom. The van der Waals surface area contributed by atoms with Crippen LogP contribution in [0, 0.1) is 6.92 Å². The molecule has 2 aromatic heterocycles. The molecule has 7 heteroatoms. The van der Waals surface area contributed by atoms with Crippen molar-refractivity contribution in [2.75, 3.05) is 43.1 Å². The van der Waals surface area contributed by atoms with E-state index in [1.165, 1.54) is 4.88 Å². The summed E-state index contributed by atoms with van der Waals surface area (Å²) in [5.74, 6) is 1.34. The number of ether oxygens (including phenoxy) is 1. The first-order valence-electron chi connectivity index (χ1n) is 6.55. The van der Waals surface area contributed by atoms with Gasteiger partial charge in [-0.3, -0.25) is 0 Å². The molecule has 0 amide bonds. The molecule has 0 aliphatic carbocycles. The fourth-order valence-corrected chi connectivity index (χ4v) is 3.00. The number of piperazine rings is 1. The monoisotopic (exact) mass is 291 g/mol. The van der Waals surface area contributed by atoms with E-state index in [1.807, 2.05) is 6.20 Å². The minimum atomic E-state index is 0.605. The summed E-state index contributed by atoms with van der Waals surface area (Å²) in [6.45, 7) is 5.75. The maximum absolute atomic E-state index is 5.14. The second kappa shape index (κ2) is 5.62. The van der Waals surface area contributed by atoms with E-state index < -0.39 is 0 Å². The number of rotatable bonds is 3. The highest BCUT2D eigenvalue weighted by atomic mass is 32.1. The predicted molar refractivity (Wildman–Crippen MR) is 79.9 cm³/mol. The molecular weight excluding hydrogens is 274 g/mol. The second-order valence-corrected chi connectivity index (χ2v) is 5.84. The Balaban J connectivity index is 1.66. The van der Waals surface area contributed by atoms with E-state index in [2.05, 4.69) is 31.7 Å². The van der Waals surface area contributed by atoms with Crippen molar-refractivity contribution < 1.29 is 4.74 Å². The molecule has 0 saturated carbocycles. The first-order valence-corrected chi connectivity index (χ1v) is 7.37. The van der Waals surface area contributed by atoms with E-state index in [-0.39, 0.29) is 0 Å². The highest BCUT2D eigenvalue weighted by molar-refractivity contribution is 7.15. The van der Waals surface area contributed by atoms with E-state index in [4.69, 9.17) is 4.74 Å². The van der Waals surface area contributed by atoms with Gasteiger partial charge in [-0.05, 0) is 6.92 Å². The van der Waals surface area contributed by atoms with Gasteiger partial charge in [-0.25, -0.2) is 9.97 Å². The number of anilines is 2. The summed E-state index contributed by atoms with van der Waals surface area (Å²) in [7, 11) is 1.62. The SMILES string of the molecule is COc1ccnc(N2CCN(c3ncc(C)s3)CC2)n1. The van der Waals surface area contributed by atoms with Crippen molar-refractivity contribution in [2.24, 2.45) is 0 Å². The third-order valence-corrected chi connectivity index (χ3v) is 4.24. The van der Waals surface area contributed by atoms with Gasteiger partial charge in [-0.1, -0.05) is 0 Å². The molecule has 2 aromatic rings. The normalized spacial score (nSPS) is 15.5. The Bertz CT molecular complexity index is 580. The largest absolute Gasteiger partial charge is 0.481 e. The first-order chi connectivity index (χ1) is 9.76. The summed E-state index contributed by atoms with van der Waals surface area (Å²) in [6.07, 6.45) is 3.66. The molecule has 0 bridgehead atoms. The molecule has 0 radical (unpaired) electrons. The molecule has 1 fully saturated rings. The fraction of sp³-hybridized carbons (Fsp3) is 0.462. The van der Waals surface area contributed by atoms with Gasteiger partial charge >= 0.3 is 0 Å². The number of hydrogen-bond acceptors (Lipinski definition) is 7. The van der Waals surface area contributed by atoms with Crippen LogP contribution in [0.4, 0.5) is 11.1 Å². The molecule has 0 N–H and O–H groups in total. The van der Waals surface area contributed by atoms with Crippen molar-refractivity contribution in [1.29, 1.82) is 0 Å². The third-order valence-electron chi connectivity index (χ3n) is 3.27. The quantitative estimate of drug-likeness (QED) is 0.856. The fourth-order valence-electron chi connectivity index (χ4n) is 2.19. The van der Waals surface area contributed by atoms with Crippen LogP contribution in [0.25, 0.3) is 0 Å². The summed E-state index contributed by atoms with van der Waals surface area (Å²) in [4.78, 5) is 18.9. The van der Waals surface area contributed by atoms with Gasteiger partial charge in [0, 0.05) is 49.5 Å². The van der Waals surface area contributed by atoms with Gasteiger partial charge in [-0.2, -0.15) is 4.98 Å². The smallest absolute Gasteiger partial charge is 0.228 e. The molecule has 0 spiro atoms. The van der Waals surface area contributed by atoms with E-state index in [9.17, 15) is 0 Å². The van der Waals surface area contributed by atoms with Crippen LogP contribution >= 0.6 is 11.3 Å². The van der Waals surface area contributed by atoms with Crippen LogP contribution in [0.1, 0.15) is 4.88 Å². The number of thiazole rings is 1. The molecule has 0 atom stereocenters. The van der Waals surface area contributed by atoms with Crippen LogP contribution in [0.5, 0.6) is 5.88 Å². The van der Waals surface area contributed by atoms with E-state index in [0.717, 1.165) is 37.3 Å². The third kappa shape index (κ3) is 2.67. The average Bonchev–Trinajstić information content (AvgIpc) is 2.94. The molecule has 1 aliphatic rings. The zero-order valence-corrected chi connectivity index (χ0v) is 12.4. The minimum Gasteiger partial charge on any atom is -0.481 e. The van der Waals surface area contributed by atoms with Gasteiger partial charge < -0.3 is 14.5 Å². The summed E-state index contributed by atoms with van der Waals surface area (Å²) >= 11 is 1.74. The first kappa shape index (κ1) is 13.1. The summed E-state index contributed by atoms with van der Waals surface area (Å²) < 4.78 is 5.14. The molecule has 3 rings (SSSR count). The summed E-state index contributed by atoms with van der Waals surface area (Å²) in [5, 5.41) is 1.11. The molecule has 1 saturated heterocycles. The maximum atomic E-state index is 5.14. The van der Waals surface area contributed by atoms with Gasteiger partial charge in [0.25, 0.3) is 0 Å². The molecule has 20 heavy (non-hydrogen) atoms. The zero-order valence-electron chi connectivity index (χ0n) is 11.6. The van der Waals surface area contributed by atoms with Crippen LogP contribution in [-0.2, 0) is 0 Å². The lowest BCUT2D eigenvalue weighted by atomic mass is 10.3. The van der Waals surface area contributed by atoms with Crippen LogP contribution in [0.15, 0.2) is 18.5 Å². The molecule has 1 aliphatic heterocycles. The highest BCUT2D eigenvalue weighted by Gasteiger charge is 2.21. The van der Waals surface area contributed by atoms with Crippen LogP contribution in [-0.4, -0.2) is 48.2 Å². The Labute approximate surface area is 122 Å². The molecule has 106 valence electrons. The molecule has 0 aromatic carbocycles. The summed E-state index contributed by atoms with van der Waals surface area (Å²) in [5.41, 5.74) is 0. The Morgan fingerprint density at radius 2 is 1.90 bits per heavy atom. The lowest BCUT2D eigenvalue weighted by Crippen LogP contribution is -2.47. The predicted octanol–water partition coefficient (Wildman–Crippen LogP) is 1.58. The number of hydrogen-bond donors (Lipinski definition) is 0. The van der Waals surface area contributed by atoms with Gasteiger partial charge in [-0.15, -0.1) is 11.3 Å². The molecule has 6 nitrogen and oxygen atoms in total. The van der Waals surface area contributed by atoms with Crippen molar-refractivity contribution in [1.82, 2.24) is 15.0 Å². The van der Waals surface area contributed by atoms with Gasteiger partial charge in [0.05, 0.1) is 7.11 Å². The van der Waals surface area contributed by atoms with Crippen molar-refractivity contribution >= 4 is 22.4 Å². The molecule has 3 heterocycles. The number of aryl methyl sites for hydroxylation is 1. The number of aromatic nitrogens is 3. The minimum absolute atomic E-state index is 0.605. The average molecular weight is 291 g/mol. The Morgan fingerprint density at radius 3 is 2.55 bits per heavy atom. The maximum Gasteiger partial charge on any atom is 0.228 e. The number of methoxy groups -OCH3 is 1. The standard InChI is InChI=1S/C13H17N5OS/c1-10-9-15-13(20-10)18-7-5-17(6-8-18)12-14-4-3-11(16-12)19-2/h3-4,9H,5-8H2,1-2H3. The van der Waals surface area contributed by atoms with Crippen molar-refractivity contribution in [3.8, 4) is 5.88 Å². The number of nitrogens with zero attached hydrogens (tertiary/aromatic N) is 5. The van der Waals surface area contributed by atoms with E-state index in [0.29, 0.717) is 5.88 Å². The van der Waals surface area contributed by atoms with Crippen molar-refractivity contribution in [3.63, 3.8) is 0 Å². The topological polar surface area (TPSA) is 54.4 Å². The zero-order chi connectivity index (χ0) is 13.9. The lowest BCUT2D eigenvalue weighted by Gasteiger charge is -2.34. The Kier molecular flexibility index (Phi) is 3.68. The second-order valence-electron chi connectivity index (χ2n) is 4.63. The van der Waals surface area contributed by atoms with Crippen molar-refractivity contribution in [3.05, 3.63) is 23.3 Å². The van der Waals surface area contributed by atoms with Crippen molar-refractivity contribution in [2.45, 2.75) is 6.92 Å². The van der Waals surface area contributed by atoms with Gasteiger partial charge in [0.1, 0.15) is 0 Å². The van der Waals surface area contributed by atoms with E-state index in [1.54, 1.807) is 30.7 Å². The van der Waals surface area contributed by atoms with Crippen LogP contribution in [0.3, 0.4) is 0 Å². The molecule has 0 unspecified atom stereocenters. The van der Waals surface area contributed by atoms with Crippen LogP contribution < -0.4 is 14.5 Å². The van der Waals surface area contributed by atoms with Crippen LogP contribution in [0.2, 0.25) is 0 Å².